The van der Waals surface area contributed by atoms with Crippen LogP contribution in [0.3, 0.4) is 0 Å². The van der Waals surface area contributed by atoms with Gasteiger partial charge in [-0.3, -0.25) is 4.68 Å². The lowest BCUT2D eigenvalue weighted by atomic mass is 10.2. The molecule has 1 aromatic carbocycles. The minimum atomic E-state index is -3.56. The summed E-state index contributed by atoms with van der Waals surface area (Å²) in [5.74, 6) is 0.694. The average Bonchev–Trinajstić information content (AvgIpc) is 3.23. The summed E-state index contributed by atoms with van der Waals surface area (Å²) in [5, 5.41) is 10.7. The Kier molecular flexibility index (Phi) is 9.62. The molecule has 0 aliphatic rings. The van der Waals surface area contributed by atoms with E-state index in [1.807, 2.05) is 29.9 Å². The molecular weight excluding hydrogens is 392 g/mol. The number of rotatable bonds is 12. The topological polar surface area (TPSA) is 110 Å². The van der Waals surface area contributed by atoms with E-state index >= 15 is 0 Å². The molecule has 1 aromatic heterocycles. The highest BCUT2D eigenvalue weighted by atomic mass is 32.2. The Morgan fingerprint density at radius 3 is 2.83 bits per heavy atom. The number of aromatic nitrogens is 2. The number of sulfonamides is 1. The summed E-state index contributed by atoms with van der Waals surface area (Å²) in [6.07, 6.45) is 4.61. The van der Waals surface area contributed by atoms with Gasteiger partial charge >= 0.3 is 0 Å². The summed E-state index contributed by atoms with van der Waals surface area (Å²) in [4.78, 5) is 4.77. The van der Waals surface area contributed by atoms with Gasteiger partial charge in [0.1, 0.15) is 0 Å². The first-order chi connectivity index (χ1) is 14.0. The molecule has 3 N–H and O–H groups in total. The lowest BCUT2D eigenvalue weighted by Crippen LogP contribution is -2.38. The third kappa shape index (κ3) is 8.22. The second-order valence-electron chi connectivity index (χ2n) is 6.28. The van der Waals surface area contributed by atoms with Crippen molar-refractivity contribution in [3.8, 4) is 0 Å². The number of hydrogen-bond donors (Lipinski definition) is 3. The van der Waals surface area contributed by atoms with Crippen LogP contribution >= 0.6 is 0 Å². The van der Waals surface area contributed by atoms with Gasteiger partial charge in [-0.2, -0.15) is 5.10 Å². The summed E-state index contributed by atoms with van der Waals surface area (Å²) in [6.45, 7) is 5.24. The van der Waals surface area contributed by atoms with Gasteiger partial charge in [0.25, 0.3) is 0 Å². The quantitative estimate of drug-likeness (QED) is 0.267. The SMILES string of the molecule is CCNC(=NCc1cccc(S(=O)(=O)NCCOC)c1)NCCCn1cccn1. The fraction of sp³-hybridized carbons (Fsp3) is 0.474. The average molecular weight is 423 g/mol. The van der Waals surface area contributed by atoms with Crippen molar-refractivity contribution in [1.82, 2.24) is 25.1 Å². The number of nitrogens with zero attached hydrogens (tertiary/aromatic N) is 3. The molecule has 0 aliphatic heterocycles. The first-order valence-electron chi connectivity index (χ1n) is 9.62. The van der Waals surface area contributed by atoms with Crippen LogP contribution in [0, 0.1) is 0 Å². The predicted molar refractivity (Wildman–Crippen MR) is 113 cm³/mol. The highest BCUT2D eigenvalue weighted by molar-refractivity contribution is 7.89. The Bertz CT molecular complexity index is 853. The molecule has 0 aliphatic carbocycles. The molecular formula is C19H30N6O3S. The molecule has 29 heavy (non-hydrogen) atoms. The largest absolute Gasteiger partial charge is 0.383 e. The smallest absolute Gasteiger partial charge is 0.240 e. The zero-order chi connectivity index (χ0) is 21.0. The number of ether oxygens (including phenoxy) is 1. The molecule has 0 saturated heterocycles. The number of hydrogen-bond acceptors (Lipinski definition) is 5. The molecule has 0 atom stereocenters. The van der Waals surface area contributed by atoms with Crippen LogP contribution in [0.2, 0.25) is 0 Å². The molecule has 0 amide bonds. The first-order valence-corrected chi connectivity index (χ1v) is 11.1. The van der Waals surface area contributed by atoms with Crippen molar-refractivity contribution in [3.63, 3.8) is 0 Å². The van der Waals surface area contributed by atoms with E-state index in [0.29, 0.717) is 19.1 Å². The fourth-order valence-electron chi connectivity index (χ4n) is 2.57. The number of guanidine groups is 1. The number of nitrogens with one attached hydrogen (secondary N) is 3. The molecule has 0 saturated carbocycles. The minimum Gasteiger partial charge on any atom is -0.383 e. The lowest BCUT2D eigenvalue weighted by molar-refractivity contribution is 0.204. The normalized spacial score (nSPS) is 12.1. The molecule has 0 fully saturated rings. The monoisotopic (exact) mass is 422 g/mol. The molecule has 9 nitrogen and oxygen atoms in total. The highest BCUT2D eigenvalue weighted by Crippen LogP contribution is 2.12. The number of methoxy groups -OCH3 is 1. The number of aryl methyl sites for hydroxylation is 1. The van der Waals surface area contributed by atoms with E-state index < -0.39 is 10.0 Å². The van der Waals surface area contributed by atoms with Crippen LogP contribution in [0.5, 0.6) is 0 Å². The minimum absolute atomic E-state index is 0.221. The van der Waals surface area contributed by atoms with Gasteiger partial charge in [0.15, 0.2) is 5.96 Å². The van der Waals surface area contributed by atoms with Gasteiger partial charge in [-0.15, -0.1) is 0 Å². The van der Waals surface area contributed by atoms with Gasteiger partial charge in [0.05, 0.1) is 18.0 Å². The Balaban J connectivity index is 1.92. The van der Waals surface area contributed by atoms with Crippen LogP contribution in [0.4, 0.5) is 0 Å². The van der Waals surface area contributed by atoms with Crippen LogP contribution < -0.4 is 15.4 Å². The van der Waals surface area contributed by atoms with E-state index in [-0.39, 0.29) is 11.4 Å². The van der Waals surface area contributed by atoms with E-state index in [9.17, 15) is 8.42 Å². The van der Waals surface area contributed by atoms with E-state index in [1.54, 1.807) is 24.4 Å². The van der Waals surface area contributed by atoms with Crippen LogP contribution in [-0.4, -0.2) is 57.5 Å². The molecule has 0 radical (unpaired) electrons. The first kappa shape index (κ1) is 22.9. The molecule has 2 rings (SSSR count). The highest BCUT2D eigenvalue weighted by Gasteiger charge is 2.13. The van der Waals surface area contributed by atoms with Crippen molar-refractivity contribution in [3.05, 3.63) is 48.3 Å². The summed E-state index contributed by atoms with van der Waals surface area (Å²) in [5.41, 5.74) is 0.813. The standard InChI is InChI=1S/C19H30N6O3S/c1-3-20-19(21-9-5-12-25-13-6-10-23-25)22-16-17-7-4-8-18(15-17)29(26,27)24-11-14-28-2/h4,6-8,10,13,15,24H,3,5,9,11-12,14,16H2,1-2H3,(H2,20,21,22). The summed E-state index contributed by atoms with van der Waals surface area (Å²) in [6, 6.07) is 8.69. The maximum Gasteiger partial charge on any atom is 0.240 e. The summed E-state index contributed by atoms with van der Waals surface area (Å²) < 4.78 is 34.0. The third-order valence-corrected chi connectivity index (χ3v) is 5.45. The van der Waals surface area contributed by atoms with Crippen LogP contribution in [0.1, 0.15) is 18.9 Å². The molecule has 1 heterocycles. The van der Waals surface area contributed by atoms with Gasteiger partial charge in [-0.25, -0.2) is 18.1 Å². The fourth-order valence-corrected chi connectivity index (χ4v) is 3.65. The van der Waals surface area contributed by atoms with Crippen molar-refractivity contribution in [1.29, 1.82) is 0 Å². The van der Waals surface area contributed by atoms with E-state index in [0.717, 1.165) is 31.6 Å². The van der Waals surface area contributed by atoms with Crippen molar-refractivity contribution < 1.29 is 13.2 Å². The van der Waals surface area contributed by atoms with E-state index in [2.05, 4.69) is 25.4 Å². The molecule has 0 spiro atoms. The van der Waals surface area contributed by atoms with E-state index in [1.165, 1.54) is 7.11 Å². The van der Waals surface area contributed by atoms with Crippen LogP contribution in [-0.2, 0) is 27.8 Å². The Morgan fingerprint density at radius 1 is 1.24 bits per heavy atom. The lowest BCUT2D eigenvalue weighted by Gasteiger charge is -2.12. The van der Waals surface area contributed by atoms with E-state index in [4.69, 9.17) is 4.74 Å². The second-order valence-corrected chi connectivity index (χ2v) is 8.05. The zero-order valence-electron chi connectivity index (χ0n) is 17.0. The van der Waals surface area contributed by atoms with Crippen LogP contribution in [0.15, 0.2) is 52.6 Å². The van der Waals surface area contributed by atoms with Gasteiger partial charge in [0.2, 0.25) is 10.0 Å². The van der Waals surface area contributed by atoms with Crippen LogP contribution in [0.25, 0.3) is 0 Å². The van der Waals surface area contributed by atoms with Gasteiger partial charge in [-0.05, 0) is 37.1 Å². The molecule has 0 bridgehead atoms. The van der Waals surface area contributed by atoms with Crippen molar-refractivity contribution in [2.24, 2.45) is 4.99 Å². The zero-order valence-corrected chi connectivity index (χ0v) is 17.8. The Labute approximate surface area is 172 Å². The number of benzene rings is 1. The third-order valence-electron chi connectivity index (χ3n) is 3.99. The predicted octanol–water partition coefficient (Wildman–Crippen LogP) is 0.953. The Morgan fingerprint density at radius 2 is 2.10 bits per heavy atom. The van der Waals surface area contributed by atoms with Gasteiger partial charge in [0, 0.05) is 45.7 Å². The van der Waals surface area contributed by atoms with Crippen molar-refractivity contribution >= 4 is 16.0 Å². The van der Waals surface area contributed by atoms with Crippen molar-refractivity contribution in [2.75, 3.05) is 33.4 Å². The van der Waals surface area contributed by atoms with Gasteiger partial charge in [-0.1, -0.05) is 12.1 Å². The molecule has 0 unspecified atom stereocenters. The summed E-state index contributed by atoms with van der Waals surface area (Å²) in [7, 11) is -2.03. The maximum absolute atomic E-state index is 12.3. The van der Waals surface area contributed by atoms with Crippen molar-refractivity contribution in [2.45, 2.75) is 31.3 Å². The Hall–Kier alpha value is -2.43. The second kappa shape index (κ2) is 12.2. The van der Waals surface area contributed by atoms with Gasteiger partial charge < -0.3 is 15.4 Å². The molecule has 160 valence electrons. The molecule has 10 heteroatoms. The number of aliphatic imine (C=N–C) groups is 1. The maximum atomic E-state index is 12.3. The summed E-state index contributed by atoms with van der Waals surface area (Å²) >= 11 is 0. The molecule has 2 aromatic rings.